The second-order valence-corrected chi connectivity index (χ2v) is 7.67. The largest absolute Gasteiger partial charge is 0.451 e. The van der Waals surface area contributed by atoms with Gasteiger partial charge in [0.05, 0.1) is 5.52 Å². The van der Waals surface area contributed by atoms with Crippen LogP contribution < -0.4 is 0 Å². The van der Waals surface area contributed by atoms with E-state index >= 15 is 0 Å². The molecule has 0 aliphatic carbocycles. The van der Waals surface area contributed by atoms with Crippen LogP contribution in [0.4, 0.5) is 13.2 Å². The Morgan fingerprint density at radius 1 is 1.07 bits per heavy atom. The van der Waals surface area contributed by atoms with Crippen LogP contribution in [0.3, 0.4) is 0 Å². The molecular weight excluding hydrogens is 395 g/mol. The zero-order valence-corrected chi connectivity index (χ0v) is 15.6. The van der Waals surface area contributed by atoms with Crippen LogP contribution in [-0.2, 0) is 19.6 Å². The van der Waals surface area contributed by atoms with Crippen molar-refractivity contribution >= 4 is 34.0 Å². The van der Waals surface area contributed by atoms with E-state index in [1.807, 2.05) is 17.5 Å². The Bertz CT molecular complexity index is 1090. The van der Waals surface area contributed by atoms with E-state index in [2.05, 4.69) is 20.2 Å². The number of fused-ring (bicyclic) bond motifs is 1. The third-order valence-electron chi connectivity index (χ3n) is 3.85. The van der Waals surface area contributed by atoms with Crippen LogP contribution in [0.5, 0.6) is 0 Å². The monoisotopic (exact) mass is 407 g/mol. The third kappa shape index (κ3) is 3.67. The first-order valence-electron chi connectivity index (χ1n) is 7.84. The van der Waals surface area contributed by atoms with E-state index in [4.69, 9.17) is 0 Å². The lowest BCUT2D eigenvalue weighted by atomic mass is 10.2. The van der Waals surface area contributed by atoms with Gasteiger partial charge < -0.3 is 4.57 Å². The average Bonchev–Trinajstić information content (AvgIpc) is 3.26. The van der Waals surface area contributed by atoms with Crippen LogP contribution in [0.25, 0.3) is 10.9 Å². The lowest BCUT2D eigenvalue weighted by Crippen LogP contribution is -2.12. The topological polar surface area (TPSA) is 56.5 Å². The number of halogens is 3. The predicted molar refractivity (Wildman–Crippen MR) is 96.8 cm³/mol. The minimum atomic E-state index is -4.62. The summed E-state index contributed by atoms with van der Waals surface area (Å²) in [7, 11) is 1.79. The number of para-hydroxylation sites is 1. The molecule has 0 fully saturated rings. The highest BCUT2D eigenvalue weighted by molar-refractivity contribution is 7.99. The number of hydrogen-bond acceptors (Lipinski definition) is 6. The second-order valence-electron chi connectivity index (χ2n) is 5.68. The Kier molecular flexibility index (Phi) is 4.60. The van der Waals surface area contributed by atoms with E-state index in [1.54, 1.807) is 41.2 Å². The van der Waals surface area contributed by atoms with Gasteiger partial charge in [0.15, 0.2) is 5.16 Å². The molecule has 0 saturated heterocycles. The molecule has 4 aromatic rings. The Morgan fingerprint density at radius 3 is 2.63 bits per heavy atom. The highest BCUT2D eigenvalue weighted by Gasteiger charge is 2.35. The van der Waals surface area contributed by atoms with Gasteiger partial charge in [0.2, 0.25) is 5.82 Å². The van der Waals surface area contributed by atoms with Crippen molar-refractivity contribution in [3.05, 3.63) is 58.3 Å². The number of nitrogens with zero attached hydrogens (tertiary/aromatic N) is 5. The summed E-state index contributed by atoms with van der Waals surface area (Å²) in [6.07, 6.45) is -4.01. The Hall–Kier alpha value is -2.46. The van der Waals surface area contributed by atoms with Crippen molar-refractivity contribution in [1.82, 2.24) is 24.7 Å². The zero-order valence-electron chi connectivity index (χ0n) is 13.9. The third-order valence-corrected chi connectivity index (χ3v) is 5.77. The van der Waals surface area contributed by atoms with E-state index in [0.717, 1.165) is 22.5 Å². The molecule has 5 nitrogen and oxygen atoms in total. The summed E-state index contributed by atoms with van der Waals surface area (Å²) in [5.74, 6) is -0.431. The van der Waals surface area contributed by atoms with Gasteiger partial charge in [-0.25, -0.2) is 9.97 Å². The van der Waals surface area contributed by atoms with E-state index < -0.39 is 12.0 Å². The molecule has 1 aromatic carbocycles. The van der Waals surface area contributed by atoms with Gasteiger partial charge in [-0.3, -0.25) is 0 Å². The first kappa shape index (κ1) is 17.9. The summed E-state index contributed by atoms with van der Waals surface area (Å²) >= 11 is 2.66. The normalized spacial score (nSPS) is 12.0. The number of thiophene rings is 1. The molecule has 0 unspecified atom stereocenters. The maximum atomic E-state index is 13.2. The molecule has 3 aromatic heterocycles. The summed E-state index contributed by atoms with van der Waals surface area (Å²) in [5, 5.41) is 11.5. The highest BCUT2D eigenvalue weighted by atomic mass is 32.2. The van der Waals surface area contributed by atoms with Crippen molar-refractivity contribution in [2.45, 2.75) is 22.8 Å². The molecule has 0 spiro atoms. The second kappa shape index (κ2) is 6.93. The average molecular weight is 407 g/mol. The van der Waals surface area contributed by atoms with Crippen molar-refractivity contribution < 1.29 is 13.2 Å². The molecule has 3 heterocycles. The smallest absolute Gasteiger partial charge is 0.309 e. The van der Waals surface area contributed by atoms with Gasteiger partial charge in [-0.1, -0.05) is 24.3 Å². The number of rotatable bonds is 4. The van der Waals surface area contributed by atoms with Crippen LogP contribution >= 0.6 is 23.1 Å². The molecule has 10 heteroatoms. The van der Waals surface area contributed by atoms with E-state index in [1.165, 1.54) is 6.07 Å². The van der Waals surface area contributed by atoms with Crippen molar-refractivity contribution in [1.29, 1.82) is 0 Å². The zero-order chi connectivity index (χ0) is 19.0. The number of hydrogen-bond donors (Lipinski definition) is 0. The van der Waals surface area contributed by atoms with Gasteiger partial charge in [-0.05, 0) is 29.3 Å². The molecule has 4 rings (SSSR count). The van der Waals surface area contributed by atoms with Crippen molar-refractivity contribution in [2.24, 2.45) is 7.05 Å². The Morgan fingerprint density at radius 2 is 1.89 bits per heavy atom. The Labute approximate surface area is 160 Å². The van der Waals surface area contributed by atoms with E-state index in [-0.39, 0.29) is 10.5 Å². The summed E-state index contributed by atoms with van der Waals surface area (Å²) in [4.78, 5) is 8.51. The molecule has 0 radical (unpaired) electrons. The number of benzene rings is 1. The maximum absolute atomic E-state index is 13.2. The number of aromatic nitrogens is 5. The lowest BCUT2D eigenvalue weighted by molar-refractivity contribution is -0.145. The first-order chi connectivity index (χ1) is 12.9. The maximum Gasteiger partial charge on any atom is 0.451 e. The van der Waals surface area contributed by atoms with Gasteiger partial charge >= 0.3 is 6.18 Å². The minimum absolute atomic E-state index is 0.200. The molecule has 0 saturated carbocycles. The first-order valence-corrected chi connectivity index (χ1v) is 9.54. The fraction of sp³-hybridized carbons (Fsp3) is 0.176. The van der Waals surface area contributed by atoms with Gasteiger partial charge in [0, 0.05) is 23.7 Å². The predicted octanol–water partition coefficient (Wildman–Crippen LogP) is 4.58. The summed E-state index contributed by atoms with van der Waals surface area (Å²) in [6.45, 7) is 0. The fourth-order valence-corrected chi connectivity index (χ4v) is 4.11. The molecular formula is C17H12F3N5S2. The summed E-state index contributed by atoms with van der Waals surface area (Å²) in [5.41, 5.74) is 0.239. The fourth-order valence-electron chi connectivity index (χ4n) is 2.50. The van der Waals surface area contributed by atoms with Crippen LogP contribution in [0.2, 0.25) is 0 Å². The molecule has 0 aliphatic heterocycles. The van der Waals surface area contributed by atoms with Crippen LogP contribution in [0.1, 0.15) is 16.5 Å². The lowest BCUT2D eigenvalue weighted by Gasteiger charge is -2.10. The molecule has 138 valence electrons. The van der Waals surface area contributed by atoms with Gasteiger partial charge in [0.25, 0.3) is 0 Å². The molecule has 0 bridgehead atoms. The quantitative estimate of drug-likeness (QED) is 0.464. The van der Waals surface area contributed by atoms with Crippen molar-refractivity contribution in [3.8, 4) is 0 Å². The SMILES string of the molecule is Cn1c(Cc2cccs2)nnc1Sc1nc(C(F)(F)F)nc2ccccc12. The molecule has 0 aliphatic rings. The molecule has 0 N–H and O–H groups in total. The minimum Gasteiger partial charge on any atom is -0.309 e. The van der Waals surface area contributed by atoms with E-state index in [0.29, 0.717) is 17.0 Å². The summed E-state index contributed by atoms with van der Waals surface area (Å²) in [6, 6.07) is 10.6. The van der Waals surface area contributed by atoms with Crippen molar-refractivity contribution in [2.75, 3.05) is 0 Å². The standard InChI is InChI=1S/C17H12F3N5S2/c1-25-13(9-10-5-4-8-26-10)23-24-16(25)27-14-11-6-2-3-7-12(11)21-15(22-14)17(18,19)20/h2-8H,9H2,1H3. The van der Waals surface area contributed by atoms with Gasteiger partial charge in [-0.2, -0.15) is 13.2 Å². The molecule has 0 atom stereocenters. The van der Waals surface area contributed by atoms with Crippen molar-refractivity contribution in [3.63, 3.8) is 0 Å². The summed E-state index contributed by atoms with van der Waals surface area (Å²) < 4.78 is 41.3. The van der Waals surface area contributed by atoms with E-state index in [9.17, 15) is 13.2 Å². The van der Waals surface area contributed by atoms with Gasteiger partial charge in [0.1, 0.15) is 10.9 Å². The Balaban J connectivity index is 1.72. The van der Waals surface area contributed by atoms with Crippen LogP contribution in [0.15, 0.2) is 52.0 Å². The highest BCUT2D eigenvalue weighted by Crippen LogP contribution is 2.34. The van der Waals surface area contributed by atoms with Crippen LogP contribution in [-0.4, -0.2) is 24.7 Å². The van der Waals surface area contributed by atoms with Crippen LogP contribution in [0, 0.1) is 0 Å². The number of alkyl halides is 3. The van der Waals surface area contributed by atoms with Gasteiger partial charge in [-0.15, -0.1) is 21.5 Å². The molecule has 27 heavy (non-hydrogen) atoms. The molecule has 0 amide bonds.